The summed E-state index contributed by atoms with van der Waals surface area (Å²) < 4.78 is 5.44. The fraction of sp³-hybridized carbons (Fsp3) is 0.500. The van der Waals surface area contributed by atoms with E-state index in [1.165, 1.54) is 0 Å². The topological polar surface area (TPSA) is 50.7 Å². The summed E-state index contributed by atoms with van der Waals surface area (Å²) in [5, 5.41) is 3.08. The molecule has 0 fully saturated rings. The maximum absolute atomic E-state index is 12.2. The van der Waals surface area contributed by atoms with Crippen LogP contribution in [-0.2, 0) is 16.0 Å². The third-order valence-electron chi connectivity index (χ3n) is 3.62. The summed E-state index contributed by atoms with van der Waals surface area (Å²) in [6.45, 7) is 5.93. The van der Waals surface area contributed by atoms with Crippen LogP contribution in [0, 0.1) is 5.92 Å². The highest BCUT2D eigenvalue weighted by Gasteiger charge is 2.41. The van der Waals surface area contributed by atoms with E-state index in [1.807, 2.05) is 51.1 Å². The van der Waals surface area contributed by atoms with Gasteiger partial charge < -0.3 is 10.1 Å². The van der Waals surface area contributed by atoms with E-state index in [9.17, 15) is 4.79 Å². The predicted molar refractivity (Wildman–Crippen MR) is 79.8 cm³/mol. The molecule has 0 aliphatic carbocycles. The minimum Gasteiger partial charge on any atom is -0.483 e. The maximum Gasteiger partial charge on any atom is 0.246 e. The van der Waals surface area contributed by atoms with Gasteiger partial charge in [-0.05, 0) is 18.4 Å². The van der Waals surface area contributed by atoms with Crippen molar-refractivity contribution in [2.45, 2.75) is 38.8 Å². The van der Waals surface area contributed by atoms with Gasteiger partial charge in [-0.2, -0.15) is 0 Å². The van der Waals surface area contributed by atoms with Crippen molar-refractivity contribution >= 4 is 11.8 Å². The molecule has 1 aromatic carbocycles. The van der Waals surface area contributed by atoms with Gasteiger partial charge in [0.1, 0.15) is 11.6 Å². The third-order valence-corrected chi connectivity index (χ3v) is 3.62. The minimum atomic E-state index is -0.585. The molecule has 0 spiro atoms. The number of methoxy groups -OCH3 is 1. The van der Waals surface area contributed by atoms with Crippen molar-refractivity contribution in [3.63, 3.8) is 0 Å². The van der Waals surface area contributed by atoms with Gasteiger partial charge in [-0.25, -0.2) is 4.99 Å². The second-order valence-corrected chi connectivity index (χ2v) is 5.81. The molecule has 0 unspecified atom stereocenters. The van der Waals surface area contributed by atoms with E-state index >= 15 is 0 Å². The van der Waals surface area contributed by atoms with Crippen molar-refractivity contribution in [1.29, 1.82) is 0 Å². The van der Waals surface area contributed by atoms with E-state index in [1.54, 1.807) is 7.11 Å². The average molecular weight is 274 g/mol. The highest BCUT2D eigenvalue weighted by atomic mass is 16.5. The Balaban J connectivity index is 2.30. The lowest BCUT2D eigenvalue weighted by Gasteiger charge is -2.37. The molecule has 2 atom stereocenters. The molecule has 1 aromatic rings. The first-order chi connectivity index (χ1) is 9.46. The largest absolute Gasteiger partial charge is 0.483 e. The van der Waals surface area contributed by atoms with Gasteiger partial charge in [0.25, 0.3) is 0 Å². The molecular formula is C16H22N2O2. The van der Waals surface area contributed by atoms with Gasteiger partial charge in [0.05, 0.1) is 7.11 Å². The van der Waals surface area contributed by atoms with Crippen LogP contribution in [0.2, 0.25) is 0 Å². The number of rotatable bonds is 3. The molecule has 2 rings (SSSR count). The molecule has 0 radical (unpaired) electrons. The van der Waals surface area contributed by atoms with Gasteiger partial charge in [-0.15, -0.1) is 0 Å². The Kier molecular flexibility index (Phi) is 4.12. The lowest BCUT2D eigenvalue weighted by atomic mass is 9.88. The van der Waals surface area contributed by atoms with Crippen LogP contribution in [0.15, 0.2) is 35.3 Å². The maximum atomic E-state index is 12.2. The predicted octanol–water partition coefficient (Wildman–Crippen LogP) is 2.19. The highest BCUT2D eigenvalue weighted by molar-refractivity contribution is 5.98. The molecule has 1 aliphatic rings. The zero-order valence-corrected chi connectivity index (χ0v) is 12.5. The van der Waals surface area contributed by atoms with E-state index in [-0.39, 0.29) is 17.9 Å². The molecule has 20 heavy (non-hydrogen) atoms. The molecular weight excluding hydrogens is 252 g/mol. The Labute approximate surface area is 120 Å². The molecule has 1 N–H and O–H groups in total. The first kappa shape index (κ1) is 14.6. The summed E-state index contributed by atoms with van der Waals surface area (Å²) >= 11 is 0. The van der Waals surface area contributed by atoms with E-state index < -0.39 is 5.54 Å². The number of amides is 1. The van der Waals surface area contributed by atoms with Crippen molar-refractivity contribution in [2.24, 2.45) is 10.9 Å². The van der Waals surface area contributed by atoms with Crippen molar-refractivity contribution in [3.8, 4) is 0 Å². The number of carbonyl (C=O) groups is 1. The molecule has 0 bridgehead atoms. The average Bonchev–Trinajstić information content (AvgIpc) is 2.39. The molecule has 0 saturated carbocycles. The van der Waals surface area contributed by atoms with E-state index in [0.717, 1.165) is 5.56 Å². The number of ether oxygens (including phenoxy) is 1. The second kappa shape index (κ2) is 5.65. The molecule has 4 nitrogen and oxygen atoms in total. The van der Waals surface area contributed by atoms with Gasteiger partial charge in [-0.1, -0.05) is 44.2 Å². The Morgan fingerprint density at radius 1 is 1.35 bits per heavy atom. The number of benzene rings is 1. The van der Waals surface area contributed by atoms with Gasteiger partial charge in [0.2, 0.25) is 11.8 Å². The Morgan fingerprint density at radius 3 is 2.55 bits per heavy atom. The fourth-order valence-electron chi connectivity index (χ4n) is 2.58. The monoisotopic (exact) mass is 274 g/mol. The SMILES string of the molecule is COC1=N[C@@H](C(C)C)C(=O)N[C@]1(C)Cc1ccccc1. The molecule has 4 heteroatoms. The Morgan fingerprint density at radius 2 is 2.00 bits per heavy atom. The van der Waals surface area contributed by atoms with Crippen molar-refractivity contribution in [2.75, 3.05) is 7.11 Å². The van der Waals surface area contributed by atoms with Crippen LogP contribution >= 0.6 is 0 Å². The summed E-state index contributed by atoms with van der Waals surface area (Å²) in [6, 6.07) is 9.67. The number of nitrogens with zero attached hydrogens (tertiary/aromatic N) is 1. The smallest absolute Gasteiger partial charge is 0.246 e. The zero-order valence-electron chi connectivity index (χ0n) is 12.5. The van der Waals surface area contributed by atoms with E-state index in [0.29, 0.717) is 12.3 Å². The van der Waals surface area contributed by atoms with Crippen LogP contribution in [0.5, 0.6) is 0 Å². The summed E-state index contributed by atoms with van der Waals surface area (Å²) in [5.41, 5.74) is 0.557. The molecule has 0 saturated heterocycles. The summed E-state index contributed by atoms with van der Waals surface area (Å²) in [6.07, 6.45) is 0.664. The number of aliphatic imine (C=N–C) groups is 1. The van der Waals surface area contributed by atoms with Gasteiger partial charge in [0.15, 0.2) is 0 Å². The van der Waals surface area contributed by atoms with Crippen molar-refractivity contribution in [3.05, 3.63) is 35.9 Å². The number of carbonyl (C=O) groups excluding carboxylic acids is 1. The van der Waals surface area contributed by atoms with Gasteiger partial charge in [-0.3, -0.25) is 4.79 Å². The van der Waals surface area contributed by atoms with E-state index in [4.69, 9.17) is 4.74 Å². The molecule has 1 heterocycles. The first-order valence-electron chi connectivity index (χ1n) is 6.94. The van der Waals surface area contributed by atoms with Gasteiger partial charge in [0, 0.05) is 6.42 Å². The molecule has 1 amide bonds. The number of nitrogens with one attached hydrogen (secondary N) is 1. The van der Waals surface area contributed by atoms with Crippen LogP contribution in [0.25, 0.3) is 0 Å². The van der Waals surface area contributed by atoms with Crippen molar-refractivity contribution in [1.82, 2.24) is 5.32 Å². The van der Waals surface area contributed by atoms with Crippen LogP contribution in [0.1, 0.15) is 26.3 Å². The van der Waals surface area contributed by atoms with E-state index in [2.05, 4.69) is 10.3 Å². The first-order valence-corrected chi connectivity index (χ1v) is 6.94. The fourth-order valence-corrected chi connectivity index (χ4v) is 2.58. The molecule has 108 valence electrons. The second-order valence-electron chi connectivity index (χ2n) is 5.81. The summed E-state index contributed by atoms with van der Waals surface area (Å²) in [5.74, 6) is 0.723. The standard InChI is InChI=1S/C16H22N2O2/c1-11(2)13-14(19)18-16(3,15(17-13)20-4)10-12-8-6-5-7-9-12/h5-9,11,13H,10H2,1-4H3,(H,18,19)/t13-,16+/m0/s1. The summed E-state index contributed by atoms with van der Waals surface area (Å²) in [7, 11) is 1.61. The van der Waals surface area contributed by atoms with Crippen LogP contribution in [0.3, 0.4) is 0 Å². The number of hydrogen-bond donors (Lipinski definition) is 1. The van der Waals surface area contributed by atoms with Crippen molar-refractivity contribution < 1.29 is 9.53 Å². The third kappa shape index (κ3) is 2.84. The zero-order chi connectivity index (χ0) is 14.8. The normalized spacial score (nSPS) is 26.1. The highest BCUT2D eigenvalue weighted by Crippen LogP contribution is 2.23. The van der Waals surface area contributed by atoms with Crippen LogP contribution in [0.4, 0.5) is 0 Å². The lowest BCUT2D eigenvalue weighted by molar-refractivity contribution is -0.125. The quantitative estimate of drug-likeness (QED) is 0.918. The molecule has 0 aromatic heterocycles. The van der Waals surface area contributed by atoms with Gasteiger partial charge >= 0.3 is 0 Å². The minimum absolute atomic E-state index is 0.0285. The molecule has 1 aliphatic heterocycles. The number of hydrogen-bond acceptors (Lipinski definition) is 3. The Bertz CT molecular complexity index is 510. The Hall–Kier alpha value is -1.84. The summed E-state index contributed by atoms with van der Waals surface area (Å²) in [4.78, 5) is 16.7. The van der Waals surface area contributed by atoms with Crippen LogP contribution in [-0.4, -0.2) is 30.5 Å². The van der Waals surface area contributed by atoms with Crippen LogP contribution < -0.4 is 5.32 Å². The lowest BCUT2D eigenvalue weighted by Crippen LogP contribution is -2.61.